The molecule has 4 aromatic rings. The number of aromatic nitrogens is 2. The van der Waals surface area contributed by atoms with E-state index in [4.69, 9.17) is 4.42 Å². The molecule has 0 fully saturated rings. The van der Waals surface area contributed by atoms with Crippen molar-refractivity contribution in [2.75, 3.05) is 0 Å². The number of nitrogens with one attached hydrogen (secondary N) is 2. The van der Waals surface area contributed by atoms with Crippen molar-refractivity contribution in [3.63, 3.8) is 0 Å². The van der Waals surface area contributed by atoms with Crippen molar-refractivity contribution in [1.29, 1.82) is 0 Å². The van der Waals surface area contributed by atoms with Gasteiger partial charge in [0.15, 0.2) is 0 Å². The summed E-state index contributed by atoms with van der Waals surface area (Å²) in [6.07, 6.45) is 5.50. The summed E-state index contributed by atoms with van der Waals surface area (Å²) in [4.78, 5) is 8.72. The molecule has 5 heteroatoms. The quantitative estimate of drug-likeness (QED) is 0.601. The Hall–Kier alpha value is -2.11. The van der Waals surface area contributed by atoms with Crippen molar-refractivity contribution in [3.05, 3.63) is 53.4 Å². The van der Waals surface area contributed by atoms with Gasteiger partial charge in [-0.3, -0.25) is 0 Å². The van der Waals surface area contributed by atoms with E-state index in [-0.39, 0.29) is 0 Å². The predicted octanol–water partition coefficient (Wildman–Crippen LogP) is 3.66. The van der Waals surface area contributed by atoms with E-state index in [0.29, 0.717) is 0 Å². The molecular formula is C15H13N3OS. The zero-order chi connectivity index (χ0) is 13.4. The van der Waals surface area contributed by atoms with Crippen molar-refractivity contribution in [2.45, 2.75) is 13.1 Å². The Morgan fingerprint density at radius 1 is 1.25 bits per heavy atom. The van der Waals surface area contributed by atoms with E-state index in [1.54, 1.807) is 17.6 Å². The molecule has 0 bridgehead atoms. The molecule has 0 aliphatic carbocycles. The molecule has 0 spiro atoms. The highest BCUT2D eigenvalue weighted by molar-refractivity contribution is 7.18. The number of aromatic amines is 1. The zero-order valence-electron chi connectivity index (χ0n) is 10.7. The van der Waals surface area contributed by atoms with Gasteiger partial charge in [0.1, 0.15) is 11.2 Å². The molecule has 4 rings (SSSR count). The van der Waals surface area contributed by atoms with Gasteiger partial charge in [0, 0.05) is 35.7 Å². The molecule has 4 aromatic heterocycles. The first kappa shape index (κ1) is 11.7. The molecule has 2 N–H and O–H groups in total. The van der Waals surface area contributed by atoms with Crippen LogP contribution in [0.1, 0.15) is 10.4 Å². The number of nitrogens with zero attached hydrogens (tertiary/aromatic N) is 1. The van der Waals surface area contributed by atoms with Gasteiger partial charge in [-0.15, -0.1) is 11.3 Å². The highest BCUT2D eigenvalue weighted by Gasteiger charge is 2.05. The number of H-pyrrole nitrogens is 1. The van der Waals surface area contributed by atoms with Crippen LogP contribution in [0.3, 0.4) is 0 Å². The highest BCUT2D eigenvalue weighted by Crippen LogP contribution is 2.26. The first-order valence-corrected chi connectivity index (χ1v) is 7.29. The minimum atomic E-state index is 0.830. The molecule has 0 saturated heterocycles. The van der Waals surface area contributed by atoms with Crippen molar-refractivity contribution in [3.8, 4) is 0 Å². The molecule has 0 radical (unpaired) electrons. The largest absolute Gasteiger partial charge is 0.463 e. The molecular weight excluding hydrogens is 270 g/mol. The molecule has 0 amide bonds. The second-order valence-corrected chi connectivity index (χ2v) is 5.84. The lowest BCUT2D eigenvalue weighted by Crippen LogP contribution is -2.11. The van der Waals surface area contributed by atoms with Crippen LogP contribution in [0, 0.1) is 0 Å². The van der Waals surface area contributed by atoms with Crippen LogP contribution in [0.4, 0.5) is 0 Å². The van der Waals surface area contributed by atoms with E-state index < -0.39 is 0 Å². The summed E-state index contributed by atoms with van der Waals surface area (Å²) in [7, 11) is 0. The van der Waals surface area contributed by atoms with Crippen molar-refractivity contribution in [1.82, 2.24) is 15.3 Å². The van der Waals surface area contributed by atoms with Crippen LogP contribution in [-0.2, 0) is 13.1 Å². The van der Waals surface area contributed by atoms with Gasteiger partial charge in [-0.05, 0) is 29.8 Å². The average Bonchev–Trinajstić information content (AvgIpc) is 3.13. The molecule has 100 valence electrons. The minimum absolute atomic E-state index is 0.830. The number of furan rings is 1. The maximum atomic E-state index is 5.38. The molecule has 4 nitrogen and oxygen atoms in total. The standard InChI is InChI=1S/C15H13N3OS/c1-4-17-15-12(2-5-18-15)10(1)8-16-9-11-7-13-14(20-11)3-6-19-13/h1-7,16H,8-9H2,(H,17,18). The van der Waals surface area contributed by atoms with Crippen LogP contribution < -0.4 is 5.32 Å². The summed E-state index contributed by atoms with van der Waals surface area (Å²) in [6.45, 7) is 1.68. The van der Waals surface area contributed by atoms with Crippen molar-refractivity contribution >= 4 is 32.7 Å². The summed E-state index contributed by atoms with van der Waals surface area (Å²) in [5.41, 5.74) is 3.18. The Morgan fingerprint density at radius 3 is 3.20 bits per heavy atom. The first-order valence-electron chi connectivity index (χ1n) is 6.48. The fourth-order valence-electron chi connectivity index (χ4n) is 2.40. The lowest BCUT2D eigenvalue weighted by atomic mass is 10.2. The number of rotatable bonds is 4. The highest BCUT2D eigenvalue weighted by atomic mass is 32.1. The van der Waals surface area contributed by atoms with Gasteiger partial charge >= 0.3 is 0 Å². The Bertz CT molecular complexity index is 830. The van der Waals surface area contributed by atoms with Gasteiger partial charge < -0.3 is 14.7 Å². The molecule has 0 atom stereocenters. The van der Waals surface area contributed by atoms with E-state index in [0.717, 1.165) is 24.3 Å². The first-order chi connectivity index (χ1) is 9.90. The van der Waals surface area contributed by atoms with Crippen molar-refractivity contribution in [2.24, 2.45) is 0 Å². The Labute approximate surface area is 119 Å². The second kappa shape index (κ2) is 4.77. The lowest BCUT2D eigenvalue weighted by molar-refractivity contribution is 0.615. The van der Waals surface area contributed by atoms with E-state index in [1.807, 2.05) is 18.5 Å². The molecule has 0 aliphatic heterocycles. The number of fused-ring (bicyclic) bond motifs is 2. The van der Waals surface area contributed by atoms with Gasteiger partial charge in [-0.2, -0.15) is 0 Å². The minimum Gasteiger partial charge on any atom is -0.463 e. The topological polar surface area (TPSA) is 53.9 Å². The van der Waals surface area contributed by atoms with E-state index in [1.165, 1.54) is 20.5 Å². The SMILES string of the molecule is c1cc(CNCc2cc3occc3s2)c2cc[nH]c2n1. The number of hydrogen-bond acceptors (Lipinski definition) is 4. The van der Waals surface area contributed by atoms with Crippen LogP contribution in [0.25, 0.3) is 21.3 Å². The zero-order valence-corrected chi connectivity index (χ0v) is 11.5. The van der Waals surface area contributed by atoms with Gasteiger partial charge in [0.2, 0.25) is 0 Å². The number of hydrogen-bond donors (Lipinski definition) is 2. The third kappa shape index (κ3) is 2.01. The molecule has 0 saturated carbocycles. The molecule has 0 unspecified atom stereocenters. The number of thiophene rings is 1. The van der Waals surface area contributed by atoms with Crippen molar-refractivity contribution < 1.29 is 4.42 Å². The predicted molar refractivity (Wildman–Crippen MR) is 80.7 cm³/mol. The van der Waals surface area contributed by atoms with Gasteiger partial charge in [-0.1, -0.05) is 0 Å². The molecule has 0 aliphatic rings. The van der Waals surface area contributed by atoms with Crippen LogP contribution in [0.5, 0.6) is 0 Å². The summed E-state index contributed by atoms with van der Waals surface area (Å²) in [5, 5.41) is 4.66. The third-order valence-electron chi connectivity index (χ3n) is 3.36. The Morgan fingerprint density at radius 2 is 2.25 bits per heavy atom. The second-order valence-electron chi connectivity index (χ2n) is 4.68. The Kier molecular flexibility index (Phi) is 2.79. The molecule has 4 heterocycles. The maximum Gasteiger partial charge on any atom is 0.144 e. The summed E-state index contributed by atoms with van der Waals surface area (Å²) in [5.74, 6) is 0. The maximum absolute atomic E-state index is 5.38. The van der Waals surface area contributed by atoms with Gasteiger partial charge in [-0.25, -0.2) is 4.98 Å². The summed E-state index contributed by atoms with van der Waals surface area (Å²) < 4.78 is 6.59. The summed E-state index contributed by atoms with van der Waals surface area (Å²) in [6, 6.07) is 8.24. The normalized spacial score (nSPS) is 11.6. The van der Waals surface area contributed by atoms with E-state index >= 15 is 0 Å². The summed E-state index contributed by atoms with van der Waals surface area (Å²) >= 11 is 1.77. The van der Waals surface area contributed by atoms with Crippen LogP contribution in [0.2, 0.25) is 0 Å². The van der Waals surface area contributed by atoms with Crippen LogP contribution in [0.15, 0.2) is 47.3 Å². The van der Waals surface area contributed by atoms with E-state index in [9.17, 15) is 0 Å². The molecule has 20 heavy (non-hydrogen) atoms. The Balaban J connectivity index is 1.48. The third-order valence-corrected chi connectivity index (χ3v) is 4.44. The van der Waals surface area contributed by atoms with Crippen LogP contribution >= 0.6 is 11.3 Å². The monoisotopic (exact) mass is 283 g/mol. The van der Waals surface area contributed by atoms with Gasteiger partial charge in [0.05, 0.1) is 11.0 Å². The number of pyridine rings is 1. The van der Waals surface area contributed by atoms with Crippen LogP contribution in [-0.4, -0.2) is 9.97 Å². The van der Waals surface area contributed by atoms with E-state index in [2.05, 4.69) is 33.5 Å². The smallest absolute Gasteiger partial charge is 0.144 e. The van der Waals surface area contributed by atoms with Gasteiger partial charge in [0.25, 0.3) is 0 Å². The molecule has 0 aromatic carbocycles. The average molecular weight is 283 g/mol. The fraction of sp³-hybridized carbons (Fsp3) is 0.133. The fourth-order valence-corrected chi connectivity index (χ4v) is 3.35. The lowest BCUT2D eigenvalue weighted by Gasteiger charge is -2.04.